The highest BCUT2D eigenvalue weighted by molar-refractivity contribution is 7.10. The molecule has 7 nitrogen and oxygen atoms in total. The fourth-order valence-corrected chi connectivity index (χ4v) is 5.21. The van der Waals surface area contributed by atoms with Crippen molar-refractivity contribution in [3.8, 4) is 11.5 Å². The van der Waals surface area contributed by atoms with Crippen LogP contribution < -0.4 is 25.0 Å². The number of benzene rings is 2. The van der Waals surface area contributed by atoms with Gasteiger partial charge >= 0.3 is 0 Å². The summed E-state index contributed by atoms with van der Waals surface area (Å²) in [5.74, 6) is 1.35. The van der Waals surface area contributed by atoms with E-state index in [2.05, 4.69) is 15.5 Å². The molecule has 0 bridgehead atoms. The number of piperidine rings is 1. The van der Waals surface area contributed by atoms with E-state index in [1.807, 2.05) is 60.0 Å². The van der Waals surface area contributed by atoms with Crippen molar-refractivity contribution in [3.63, 3.8) is 0 Å². The summed E-state index contributed by atoms with van der Waals surface area (Å²) in [6.07, 6.45) is 2.83. The van der Waals surface area contributed by atoms with Gasteiger partial charge in [0, 0.05) is 36.2 Å². The van der Waals surface area contributed by atoms with E-state index in [1.165, 1.54) is 0 Å². The lowest BCUT2D eigenvalue weighted by atomic mass is 10.0. The molecule has 0 radical (unpaired) electrons. The van der Waals surface area contributed by atoms with Crippen molar-refractivity contribution in [2.45, 2.75) is 31.7 Å². The molecule has 3 aromatic rings. The van der Waals surface area contributed by atoms with Crippen molar-refractivity contribution in [2.75, 3.05) is 38.8 Å². The summed E-state index contributed by atoms with van der Waals surface area (Å²) in [4.78, 5) is 28.7. The van der Waals surface area contributed by atoms with Crippen LogP contribution in [-0.4, -0.2) is 51.7 Å². The summed E-state index contributed by atoms with van der Waals surface area (Å²) in [5.41, 5.74) is 2.67. The van der Waals surface area contributed by atoms with Gasteiger partial charge in [0.2, 0.25) is 5.91 Å². The Hall–Kier alpha value is -3.52. The molecule has 0 aliphatic carbocycles. The monoisotopic (exact) mass is 507 g/mol. The maximum absolute atomic E-state index is 13.0. The fourth-order valence-electron chi connectivity index (χ4n) is 4.51. The number of nitrogens with zero attached hydrogens (tertiary/aromatic N) is 1. The molecule has 2 amide bonds. The van der Waals surface area contributed by atoms with Gasteiger partial charge in [0.1, 0.15) is 0 Å². The minimum atomic E-state index is -0.0857. The predicted molar refractivity (Wildman–Crippen MR) is 143 cm³/mol. The fraction of sp³-hybridized carbons (Fsp3) is 0.357. The third kappa shape index (κ3) is 6.57. The van der Waals surface area contributed by atoms with Crippen molar-refractivity contribution >= 4 is 28.8 Å². The van der Waals surface area contributed by atoms with Crippen molar-refractivity contribution in [3.05, 3.63) is 76.0 Å². The molecule has 1 aliphatic rings. The molecule has 1 aromatic heterocycles. The van der Waals surface area contributed by atoms with E-state index in [9.17, 15) is 9.59 Å². The first-order chi connectivity index (χ1) is 17.6. The summed E-state index contributed by atoms with van der Waals surface area (Å²) in [5, 5.41) is 8.22. The normalized spacial score (nSPS) is 13.8. The van der Waals surface area contributed by atoms with Gasteiger partial charge < -0.3 is 25.0 Å². The summed E-state index contributed by atoms with van der Waals surface area (Å²) in [6.45, 7) is 2.10. The Balaban J connectivity index is 1.29. The van der Waals surface area contributed by atoms with Crippen LogP contribution in [0.4, 0.5) is 5.69 Å². The molecule has 36 heavy (non-hydrogen) atoms. The standard InChI is InChI=1S/C28H33N3O4S/c1-34-25-10-9-20(18-26(25)35-2)11-14-29-28(33)23-7-3-4-8-24(23)31-15-12-21(13-16-31)30-27(32)19-22-6-5-17-36-22/h3-10,17-18,21H,11-16,19H2,1-2H3,(H,29,33)(H,30,32). The first-order valence-electron chi connectivity index (χ1n) is 12.2. The lowest BCUT2D eigenvalue weighted by molar-refractivity contribution is -0.121. The highest BCUT2D eigenvalue weighted by atomic mass is 32.1. The van der Waals surface area contributed by atoms with Crippen LogP contribution in [-0.2, 0) is 17.6 Å². The van der Waals surface area contributed by atoms with Gasteiger partial charge in [0.05, 0.1) is 26.2 Å². The van der Waals surface area contributed by atoms with Crippen LogP contribution >= 0.6 is 11.3 Å². The van der Waals surface area contributed by atoms with Crippen molar-refractivity contribution in [2.24, 2.45) is 0 Å². The van der Waals surface area contributed by atoms with Gasteiger partial charge in [0.25, 0.3) is 5.91 Å². The Morgan fingerprint density at radius 2 is 1.78 bits per heavy atom. The van der Waals surface area contributed by atoms with Gasteiger partial charge in [0.15, 0.2) is 11.5 Å². The number of methoxy groups -OCH3 is 2. The Kier molecular flexibility index (Phi) is 8.84. The number of anilines is 1. The van der Waals surface area contributed by atoms with Gasteiger partial charge in [-0.15, -0.1) is 11.3 Å². The van der Waals surface area contributed by atoms with Crippen molar-refractivity contribution in [1.82, 2.24) is 10.6 Å². The summed E-state index contributed by atoms with van der Waals surface area (Å²) >= 11 is 1.60. The van der Waals surface area contributed by atoms with Gasteiger partial charge in [-0.25, -0.2) is 0 Å². The number of carbonyl (C=O) groups excluding carboxylic acids is 2. The number of rotatable bonds is 10. The largest absolute Gasteiger partial charge is 0.493 e. The quantitative estimate of drug-likeness (QED) is 0.433. The Bertz CT molecular complexity index is 1160. The number of ether oxygens (including phenoxy) is 2. The molecular formula is C28H33N3O4S. The Labute approximate surface area is 216 Å². The molecule has 0 atom stereocenters. The number of hydrogen-bond acceptors (Lipinski definition) is 6. The number of carbonyl (C=O) groups is 2. The lowest BCUT2D eigenvalue weighted by Gasteiger charge is -2.35. The molecule has 4 rings (SSSR count). The van der Waals surface area contributed by atoms with Gasteiger partial charge in [-0.05, 0) is 60.5 Å². The van der Waals surface area contributed by atoms with Crippen LogP contribution in [0.2, 0.25) is 0 Å². The van der Waals surface area contributed by atoms with Crippen LogP contribution in [0.3, 0.4) is 0 Å². The zero-order valence-corrected chi connectivity index (χ0v) is 21.6. The topological polar surface area (TPSA) is 79.9 Å². The maximum Gasteiger partial charge on any atom is 0.253 e. The molecule has 0 unspecified atom stereocenters. The van der Waals surface area contributed by atoms with Crippen LogP contribution in [0.1, 0.15) is 33.6 Å². The van der Waals surface area contributed by atoms with E-state index in [4.69, 9.17) is 9.47 Å². The minimum absolute atomic E-state index is 0.0742. The van der Waals surface area contributed by atoms with E-state index in [0.29, 0.717) is 36.4 Å². The van der Waals surface area contributed by atoms with E-state index < -0.39 is 0 Å². The molecule has 1 fully saturated rings. The number of hydrogen-bond donors (Lipinski definition) is 2. The highest BCUT2D eigenvalue weighted by Gasteiger charge is 2.24. The Morgan fingerprint density at radius 1 is 1.00 bits per heavy atom. The van der Waals surface area contributed by atoms with E-state index >= 15 is 0 Å². The zero-order chi connectivity index (χ0) is 25.3. The van der Waals surface area contributed by atoms with Crippen LogP contribution in [0.15, 0.2) is 60.0 Å². The summed E-state index contributed by atoms with van der Waals surface area (Å²) in [6, 6.07) is 17.6. The first-order valence-corrected chi connectivity index (χ1v) is 13.1. The van der Waals surface area contributed by atoms with Crippen molar-refractivity contribution in [1.29, 1.82) is 0 Å². The molecule has 0 saturated carbocycles. The maximum atomic E-state index is 13.0. The summed E-state index contributed by atoms with van der Waals surface area (Å²) in [7, 11) is 3.22. The van der Waals surface area contributed by atoms with Crippen LogP contribution in [0, 0.1) is 0 Å². The average Bonchev–Trinajstić information content (AvgIpc) is 3.41. The molecule has 1 saturated heterocycles. The molecule has 1 aliphatic heterocycles. The van der Waals surface area contributed by atoms with Gasteiger partial charge in [-0.3, -0.25) is 9.59 Å². The van der Waals surface area contributed by atoms with E-state index in [0.717, 1.165) is 42.1 Å². The van der Waals surface area contributed by atoms with E-state index in [-0.39, 0.29) is 17.9 Å². The van der Waals surface area contributed by atoms with Crippen LogP contribution in [0.25, 0.3) is 0 Å². The second-order valence-electron chi connectivity index (χ2n) is 8.80. The second-order valence-corrected chi connectivity index (χ2v) is 9.83. The number of para-hydroxylation sites is 1. The smallest absolute Gasteiger partial charge is 0.253 e. The molecule has 2 heterocycles. The second kappa shape index (κ2) is 12.4. The average molecular weight is 508 g/mol. The first kappa shape index (κ1) is 25.6. The van der Waals surface area contributed by atoms with Gasteiger partial charge in [-0.1, -0.05) is 24.3 Å². The lowest BCUT2D eigenvalue weighted by Crippen LogP contribution is -2.45. The van der Waals surface area contributed by atoms with Gasteiger partial charge in [-0.2, -0.15) is 0 Å². The molecule has 190 valence electrons. The van der Waals surface area contributed by atoms with Crippen molar-refractivity contribution < 1.29 is 19.1 Å². The molecular weight excluding hydrogens is 474 g/mol. The summed E-state index contributed by atoms with van der Waals surface area (Å²) < 4.78 is 10.7. The zero-order valence-electron chi connectivity index (χ0n) is 20.8. The highest BCUT2D eigenvalue weighted by Crippen LogP contribution is 2.28. The van der Waals surface area contributed by atoms with Crippen LogP contribution in [0.5, 0.6) is 11.5 Å². The third-order valence-electron chi connectivity index (χ3n) is 6.41. The molecule has 2 aromatic carbocycles. The Morgan fingerprint density at radius 3 is 2.50 bits per heavy atom. The minimum Gasteiger partial charge on any atom is -0.493 e. The third-order valence-corrected chi connectivity index (χ3v) is 7.29. The number of amides is 2. The molecule has 0 spiro atoms. The SMILES string of the molecule is COc1ccc(CCNC(=O)c2ccccc2N2CCC(NC(=O)Cc3cccs3)CC2)cc1OC. The number of thiophene rings is 1. The molecule has 8 heteroatoms. The molecule has 2 N–H and O–H groups in total. The number of nitrogens with one attached hydrogen (secondary N) is 2. The predicted octanol–water partition coefficient (Wildman–Crippen LogP) is 4.07. The van der Waals surface area contributed by atoms with E-state index in [1.54, 1.807) is 25.6 Å².